The highest BCUT2D eigenvalue weighted by Gasteiger charge is 2.13. The van der Waals surface area contributed by atoms with Gasteiger partial charge in [0.05, 0.1) is 18.8 Å². The zero-order valence-electron chi connectivity index (χ0n) is 9.38. The van der Waals surface area contributed by atoms with Gasteiger partial charge in [-0.3, -0.25) is 9.78 Å². The Hall–Kier alpha value is -2.37. The molecule has 2 rings (SSSR count). The number of hydrogen-bond donors (Lipinski definition) is 3. The van der Waals surface area contributed by atoms with Crippen molar-refractivity contribution in [3.05, 3.63) is 22.1 Å². The molecule has 0 aliphatic heterocycles. The molecule has 0 aliphatic rings. The first-order valence-electron chi connectivity index (χ1n) is 5.14. The van der Waals surface area contributed by atoms with E-state index in [-0.39, 0.29) is 42.5 Å². The van der Waals surface area contributed by atoms with E-state index in [0.717, 1.165) is 0 Å². The molecule has 8 heteroatoms. The lowest BCUT2D eigenvalue weighted by atomic mass is 10.3. The minimum atomic E-state index is -0.463. The summed E-state index contributed by atoms with van der Waals surface area (Å²) in [6, 6.07) is 1.91. The molecule has 0 spiro atoms. The number of aromatic nitrogens is 3. The van der Waals surface area contributed by atoms with Crippen LogP contribution in [0, 0.1) is 11.3 Å². The predicted molar refractivity (Wildman–Crippen MR) is 62.5 cm³/mol. The van der Waals surface area contributed by atoms with Crippen molar-refractivity contribution in [2.75, 3.05) is 18.9 Å². The lowest BCUT2D eigenvalue weighted by Gasteiger charge is -2.04. The van der Waals surface area contributed by atoms with Crippen LogP contribution in [0.25, 0.3) is 11.0 Å². The molecule has 4 N–H and O–H groups in total. The largest absolute Gasteiger partial charge is 0.394 e. The van der Waals surface area contributed by atoms with Crippen LogP contribution in [-0.4, -0.2) is 32.9 Å². The van der Waals surface area contributed by atoms with Crippen LogP contribution in [0.15, 0.2) is 11.0 Å². The number of aromatic amines is 1. The van der Waals surface area contributed by atoms with Gasteiger partial charge in [-0.15, -0.1) is 0 Å². The highest BCUT2D eigenvalue weighted by atomic mass is 16.5. The lowest BCUT2D eigenvalue weighted by molar-refractivity contribution is 0.0501. The zero-order chi connectivity index (χ0) is 13.1. The Kier molecular flexibility index (Phi) is 3.27. The van der Waals surface area contributed by atoms with E-state index >= 15 is 0 Å². The van der Waals surface area contributed by atoms with E-state index in [1.807, 2.05) is 6.07 Å². The molecule has 0 aliphatic carbocycles. The molecule has 0 bridgehead atoms. The van der Waals surface area contributed by atoms with Gasteiger partial charge in [0.1, 0.15) is 18.2 Å². The third kappa shape index (κ3) is 2.04. The van der Waals surface area contributed by atoms with E-state index in [9.17, 15) is 4.79 Å². The van der Waals surface area contributed by atoms with Crippen LogP contribution in [0.4, 0.5) is 5.95 Å². The number of aliphatic hydroxyl groups is 1. The Morgan fingerprint density at radius 3 is 3.11 bits per heavy atom. The minimum Gasteiger partial charge on any atom is -0.394 e. The summed E-state index contributed by atoms with van der Waals surface area (Å²) in [6.45, 7) is 0.120. The topological polar surface area (TPSA) is 130 Å². The van der Waals surface area contributed by atoms with Gasteiger partial charge in [-0.25, -0.2) is 0 Å². The summed E-state index contributed by atoms with van der Waals surface area (Å²) in [5.74, 6) is -0.0292. The number of rotatable bonds is 4. The standard InChI is InChI=1S/C10H11N5O3/c11-3-6-4-15(5-18-2-1-16)8-7(6)9(17)14-10(12)13-8/h4,16H,1-2,5H2,(H3,12,13,14,17). The van der Waals surface area contributed by atoms with E-state index in [1.54, 1.807) is 0 Å². The molecule has 0 atom stereocenters. The highest BCUT2D eigenvalue weighted by Crippen LogP contribution is 2.15. The first kappa shape index (κ1) is 12.1. The number of nitrogen functional groups attached to an aromatic ring is 1. The molecule has 0 amide bonds. The fraction of sp³-hybridized carbons (Fsp3) is 0.300. The number of nitrogens with one attached hydrogen (secondary N) is 1. The van der Waals surface area contributed by atoms with Gasteiger partial charge in [-0.05, 0) is 0 Å². The maximum absolute atomic E-state index is 11.7. The second kappa shape index (κ2) is 4.87. The molecule has 18 heavy (non-hydrogen) atoms. The third-order valence-corrected chi connectivity index (χ3v) is 2.33. The van der Waals surface area contributed by atoms with Crippen LogP contribution in [0.5, 0.6) is 0 Å². The molecule has 0 radical (unpaired) electrons. The molecule has 8 nitrogen and oxygen atoms in total. The second-order valence-electron chi connectivity index (χ2n) is 3.54. The Bertz CT molecular complexity index is 666. The van der Waals surface area contributed by atoms with E-state index in [2.05, 4.69) is 9.97 Å². The normalized spacial score (nSPS) is 10.7. The predicted octanol–water partition coefficient (Wildman–Crippen LogP) is -0.855. The lowest BCUT2D eigenvalue weighted by Crippen LogP contribution is -2.13. The van der Waals surface area contributed by atoms with E-state index in [1.165, 1.54) is 10.8 Å². The number of fused-ring (bicyclic) bond motifs is 1. The number of hydrogen-bond acceptors (Lipinski definition) is 6. The Balaban J connectivity index is 2.54. The summed E-state index contributed by atoms with van der Waals surface area (Å²) >= 11 is 0. The number of nitrogens with two attached hydrogens (primary N) is 1. The number of nitriles is 1. The maximum atomic E-state index is 11.7. The molecule has 0 saturated carbocycles. The Morgan fingerprint density at radius 1 is 1.67 bits per heavy atom. The molecule has 2 heterocycles. The Morgan fingerprint density at radius 2 is 2.44 bits per heavy atom. The van der Waals surface area contributed by atoms with Crippen molar-refractivity contribution in [1.29, 1.82) is 5.26 Å². The van der Waals surface area contributed by atoms with Gasteiger partial charge < -0.3 is 20.1 Å². The smallest absolute Gasteiger partial charge is 0.263 e. The SMILES string of the molecule is N#Cc1cn(COCCO)c2nc(N)[nH]c(=O)c12. The van der Waals surface area contributed by atoms with Crippen molar-refractivity contribution in [3.63, 3.8) is 0 Å². The van der Waals surface area contributed by atoms with E-state index < -0.39 is 5.56 Å². The summed E-state index contributed by atoms with van der Waals surface area (Å²) < 4.78 is 6.62. The molecule has 94 valence electrons. The van der Waals surface area contributed by atoms with Gasteiger partial charge in [0.15, 0.2) is 5.65 Å². The number of nitrogens with zero attached hydrogens (tertiary/aromatic N) is 3. The van der Waals surface area contributed by atoms with Gasteiger partial charge in [0.25, 0.3) is 5.56 Å². The number of anilines is 1. The minimum absolute atomic E-state index is 0.0292. The molecular weight excluding hydrogens is 238 g/mol. The molecule has 0 aromatic carbocycles. The first-order chi connectivity index (χ1) is 8.67. The average molecular weight is 249 g/mol. The fourth-order valence-corrected chi connectivity index (χ4v) is 1.62. The summed E-state index contributed by atoms with van der Waals surface area (Å²) in [5, 5.41) is 17.8. The number of aliphatic hydroxyl groups excluding tert-OH is 1. The van der Waals surface area contributed by atoms with Crippen molar-refractivity contribution in [2.45, 2.75) is 6.73 Å². The summed E-state index contributed by atoms with van der Waals surface area (Å²) in [5.41, 5.74) is 5.48. The van der Waals surface area contributed by atoms with Crippen molar-refractivity contribution in [1.82, 2.24) is 14.5 Å². The summed E-state index contributed by atoms with van der Waals surface area (Å²) in [4.78, 5) is 18.0. The first-order valence-corrected chi connectivity index (χ1v) is 5.14. The molecule has 0 fully saturated rings. The molecule has 2 aromatic heterocycles. The van der Waals surface area contributed by atoms with Crippen LogP contribution in [0.3, 0.4) is 0 Å². The van der Waals surface area contributed by atoms with Crippen molar-refractivity contribution < 1.29 is 9.84 Å². The summed E-state index contributed by atoms with van der Waals surface area (Å²) in [6.07, 6.45) is 1.46. The molecular formula is C10H11N5O3. The van der Waals surface area contributed by atoms with Crippen LogP contribution in [-0.2, 0) is 11.5 Å². The van der Waals surface area contributed by atoms with Crippen molar-refractivity contribution in [3.8, 4) is 6.07 Å². The van der Waals surface area contributed by atoms with Gasteiger partial charge >= 0.3 is 0 Å². The van der Waals surface area contributed by atoms with Crippen molar-refractivity contribution in [2.24, 2.45) is 0 Å². The van der Waals surface area contributed by atoms with Gasteiger partial charge in [0.2, 0.25) is 5.95 Å². The number of ether oxygens (including phenoxy) is 1. The van der Waals surface area contributed by atoms with Crippen LogP contribution < -0.4 is 11.3 Å². The quantitative estimate of drug-likeness (QED) is 0.605. The number of H-pyrrole nitrogens is 1. The van der Waals surface area contributed by atoms with Gasteiger partial charge in [0, 0.05) is 6.20 Å². The third-order valence-electron chi connectivity index (χ3n) is 2.33. The Labute approximate surface area is 101 Å². The highest BCUT2D eigenvalue weighted by molar-refractivity contribution is 5.82. The fourth-order valence-electron chi connectivity index (χ4n) is 1.62. The average Bonchev–Trinajstić information content (AvgIpc) is 2.68. The monoisotopic (exact) mass is 249 g/mol. The van der Waals surface area contributed by atoms with E-state index in [4.69, 9.17) is 20.8 Å². The van der Waals surface area contributed by atoms with Crippen LogP contribution >= 0.6 is 0 Å². The summed E-state index contributed by atoms with van der Waals surface area (Å²) in [7, 11) is 0. The maximum Gasteiger partial charge on any atom is 0.263 e. The van der Waals surface area contributed by atoms with Gasteiger partial charge in [-0.2, -0.15) is 10.2 Å². The second-order valence-corrected chi connectivity index (χ2v) is 3.54. The molecule has 0 unspecified atom stereocenters. The van der Waals surface area contributed by atoms with Crippen molar-refractivity contribution >= 4 is 17.0 Å². The van der Waals surface area contributed by atoms with E-state index in [0.29, 0.717) is 0 Å². The van der Waals surface area contributed by atoms with Gasteiger partial charge in [-0.1, -0.05) is 0 Å². The van der Waals surface area contributed by atoms with Crippen LogP contribution in [0.2, 0.25) is 0 Å². The zero-order valence-corrected chi connectivity index (χ0v) is 9.38. The molecule has 0 saturated heterocycles. The molecule has 2 aromatic rings. The van der Waals surface area contributed by atoms with Crippen LogP contribution in [0.1, 0.15) is 5.56 Å².